The van der Waals surface area contributed by atoms with E-state index in [2.05, 4.69) is 97.8 Å². The van der Waals surface area contributed by atoms with Gasteiger partial charge in [0.1, 0.15) is 5.75 Å². The van der Waals surface area contributed by atoms with Crippen LogP contribution in [0.15, 0.2) is 30.3 Å². The summed E-state index contributed by atoms with van der Waals surface area (Å²) in [5.74, 6) is 0.488. The average molecular weight is 442 g/mol. The Morgan fingerprint density at radius 1 is 0.968 bits per heavy atom. The van der Waals surface area contributed by atoms with Gasteiger partial charge in [0.25, 0.3) is 0 Å². The number of hydrogen-bond donors (Lipinski definition) is 1. The third kappa shape index (κ3) is 6.56. The van der Waals surface area contributed by atoms with E-state index in [1.165, 1.54) is 41.3 Å². The Bertz CT molecular complexity index is 881. The zero-order chi connectivity index (χ0) is 23.4. The van der Waals surface area contributed by atoms with Crippen LogP contribution in [-0.4, -0.2) is 24.1 Å². The van der Waals surface area contributed by atoms with Crippen LogP contribution in [0.1, 0.15) is 88.1 Å². The molecule has 0 aromatic heterocycles. The third-order valence-electron chi connectivity index (χ3n) is 6.29. The van der Waals surface area contributed by atoms with Gasteiger partial charge in [0.2, 0.25) is 0 Å². The number of phenolic OH excluding ortho intramolecular Hbond substituents is 1. The van der Waals surface area contributed by atoms with E-state index in [0.717, 1.165) is 24.1 Å². The Morgan fingerprint density at radius 2 is 1.65 bits per heavy atom. The number of aromatic hydroxyl groups is 1. The number of hydrogen-bond acceptors (Lipinski definition) is 2. The monoisotopic (exact) mass is 441 g/mol. The molecule has 2 nitrogen and oxygen atoms in total. The van der Waals surface area contributed by atoms with E-state index >= 15 is 0 Å². The van der Waals surface area contributed by atoms with Gasteiger partial charge in [-0.2, -0.15) is 0 Å². The summed E-state index contributed by atoms with van der Waals surface area (Å²) in [4.78, 5) is 2.25. The van der Waals surface area contributed by atoms with E-state index < -0.39 is 0 Å². The van der Waals surface area contributed by atoms with Crippen LogP contribution in [0.5, 0.6) is 5.75 Å². The second-order valence-electron chi connectivity index (χ2n) is 10.7. The van der Waals surface area contributed by atoms with Gasteiger partial charge in [-0.15, -0.1) is 0 Å². The smallest absolute Gasteiger partial charge is 0.122 e. The van der Waals surface area contributed by atoms with Crippen molar-refractivity contribution in [2.75, 3.05) is 14.1 Å². The molecule has 2 rings (SSSR count). The van der Waals surface area contributed by atoms with Crippen molar-refractivity contribution in [3.05, 3.63) is 58.1 Å². The highest BCUT2D eigenvalue weighted by molar-refractivity contribution is 7.48. The number of phenols is 1. The van der Waals surface area contributed by atoms with E-state index in [-0.39, 0.29) is 10.6 Å². The minimum absolute atomic E-state index is 0.0550. The van der Waals surface area contributed by atoms with Crippen molar-refractivity contribution in [2.24, 2.45) is 0 Å². The maximum atomic E-state index is 11.2. The maximum Gasteiger partial charge on any atom is 0.122 e. The molecule has 172 valence electrons. The minimum Gasteiger partial charge on any atom is -0.507 e. The molecule has 2 atom stereocenters. The van der Waals surface area contributed by atoms with E-state index in [1.807, 2.05) is 0 Å². The molecule has 3 heteroatoms. The summed E-state index contributed by atoms with van der Waals surface area (Å²) >= 11 is 0. The van der Waals surface area contributed by atoms with Crippen LogP contribution in [0.4, 0.5) is 0 Å². The fourth-order valence-electron chi connectivity index (χ4n) is 4.28. The van der Waals surface area contributed by atoms with Crippen LogP contribution in [0.3, 0.4) is 0 Å². The quantitative estimate of drug-likeness (QED) is 0.329. The summed E-state index contributed by atoms with van der Waals surface area (Å²) in [5.41, 5.74) is 6.26. The van der Waals surface area contributed by atoms with E-state index in [1.54, 1.807) is 0 Å². The lowest BCUT2D eigenvalue weighted by Gasteiger charge is -2.35. The van der Waals surface area contributed by atoms with E-state index in [0.29, 0.717) is 14.3 Å². The predicted molar refractivity (Wildman–Crippen MR) is 140 cm³/mol. The van der Waals surface area contributed by atoms with Crippen molar-refractivity contribution in [1.29, 1.82) is 0 Å². The van der Waals surface area contributed by atoms with Crippen LogP contribution in [0.25, 0.3) is 0 Å². The minimum atomic E-state index is -0.0849. The van der Waals surface area contributed by atoms with Crippen LogP contribution < -0.4 is 5.30 Å². The third-order valence-corrected chi connectivity index (χ3v) is 8.32. The molecule has 2 aromatic rings. The normalized spacial score (nSPS) is 14.5. The largest absolute Gasteiger partial charge is 0.507 e. The molecule has 31 heavy (non-hydrogen) atoms. The Kier molecular flexibility index (Phi) is 8.77. The topological polar surface area (TPSA) is 23.5 Å². The fourth-order valence-corrected chi connectivity index (χ4v) is 6.06. The number of rotatable bonds is 9. The first-order valence-electron chi connectivity index (χ1n) is 11.7. The van der Waals surface area contributed by atoms with Gasteiger partial charge in [0.15, 0.2) is 0 Å². The summed E-state index contributed by atoms with van der Waals surface area (Å²) in [6.07, 6.45) is 4.72. The Labute approximate surface area is 193 Å². The zero-order valence-electron chi connectivity index (χ0n) is 21.3. The molecule has 1 N–H and O–H groups in total. The Hall–Kier alpha value is -1.37. The number of aryl methyl sites for hydroxylation is 2. The second kappa shape index (κ2) is 10.5. The molecule has 0 aliphatic carbocycles. The molecule has 0 aliphatic heterocycles. The second-order valence-corrected chi connectivity index (χ2v) is 12.6. The maximum absolute atomic E-state index is 11.2. The lowest BCUT2D eigenvalue weighted by atomic mass is 9.82. The Morgan fingerprint density at radius 3 is 2.23 bits per heavy atom. The molecule has 0 spiro atoms. The van der Waals surface area contributed by atoms with Gasteiger partial charge < -0.3 is 10.0 Å². The average Bonchev–Trinajstić information content (AvgIpc) is 2.65. The van der Waals surface area contributed by atoms with Crippen molar-refractivity contribution in [2.45, 2.75) is 91.3 Å². The van der Waals surface area contributed by atoms with Gasteiger partial charge in [-0.25, -0.2) is 0 Å². The zero-order valence-corrected chi connectivity index (χ0v) is 22.3. The summed E-state index contributed by atoms with van der Waals surface area (Å²) in [6, 6.07) is 11.2. The molecule has 0 amide bonds. The fraction of sp³-hybridized carbons (Fsp3) is 0.571. The van der Waals surface area contributed by atoms with Crippen molar-refractivity contribution in [3.63, 3.8) is 0 Å². The first kappa shape index (κ1) is 25.9. The van der Waals surface area contributed by atoms with Crippen molar-refractivity contribution in [3.8, 4) is 5.75 Å². The molecule has 0 fully saturated rings. The predicted octanol–water partition coefficient (Wildman–Crippen LogP) is 7.17. The first-order chi connectivity index (χ1) is 14.4. The first-order valence-corrected chi connectivity index (χ1v) is 12.7. The summed E-state index contributed by atoms with van der Waals surface area (Å²) < 4.78 is 0. The lowest BCUT2D eigenvalue weighted by molar-refractivity contribution is 0.403. The van der Waals surface area contributed by atoms with Crippen LogP contribution >= 0.6 is 8.58 Å². The lowest BCUT2D eigenvalue weighted by Crippen LogP contribution is -2.25. The molecule has 0 radical (unpaired) electrons. The van der Waals surface area contributed by atoms with Gasteiger partial charge >= 0.3 is 0 Å². The summed E-state index contributed by atoms with van der Waals surface area (Å²) in [5, 5.41) is 12.6. The molecular formula is C28H44NOP. The van der Waals surface area contributed by atoms with Gasteiger partial charge in [-0.05, 0) is 67.3 Å². The van der Waals surface area contributed by atoms with Gasteiger partial charge in [-0.1, -0.05) is 92.8 Å². The van der Waals surface area contributed by atoms with Gasteiger partial charge in [-0.3, -0.25) is 0 Å². The van der Waals surface area contributed by atoms with E-state index in [4.69, 9.17) is 0 Å². The molecule has 2 unspecified atom stereocenters. The molecule has 0 heterocycles. The van der Waals surface area contributed by atoms with Crippen molar-refractivity contribution >= 4 is 13.9 Å². The van der Waals surface area contributed by atoms with E-state index in [9.17, 15) is 5.11 Å². The molecule has 0 aliphatic rings. The highest BCUT2D eigenvalue weighted by Gasteiger charge is 2.33. The standard InChI is InChI=1S/C28H44NOP/c1-10-11-12-16-28(7,24-18-23(27(4,5)6)17-21(3)25(24)30)31-26-20(2)14-13-15-22(26)19-29(8)9/h13-15,17-18,30-31H,10-12,16,19H2,1-9H3. The summed E-state index contributed by atoms with van der Waals surface area (Å²) in [6.45, 7) is 16.7. The van der Waals surface area contributed by atoms with Crippen molar-refractivity contribution < 1.29 is 5.11 Å². The van der Waals surface area contributed by atoms with Crippen LogP contribution in [0, 0.1) is 13.8 Å². The summed E-state index contributed by atoms with van der Waals surface area (Å²) in [7, 11) is 4.89. The highest BCUT2D eigenvalue weighted by atomic mass is 31.1. The molecule has 0 bridgehead atoms. The number of nitrogens with zero attached hydrogens (tertiary/aromatic N) is 1. The van der Waals surface area contributed by atoms with Crippen LogP contribution in [-0.2, 0) is 17.1 Å². The molecule has 0 saturated heterocycles. The number of unbranched alkanes of at least 4 members (excludes halogenated alkanes) is 2. The Balaban J connectivity index is 2.64. The van der Waals surface area contributed by atoms with Crippen LogP contribution in [0.2, 0.25) is 0 Å². The highest BCUT2D eigenvalue weighted by Crippen LogP contribution is 2.50. The molecular weight excluding hydrogens is 397 g/mol. The van der Waals surface area contributed by atoms with Gasteiger partial charge in [0.05, 0.1) is 0 Å². The van der Waals surface area contributed by atoms with Crippen molar-refractivity contribution in [1.82, 2.24) is 4.90 Å². The van der Waals surface area contributed by atoms with Gasteiger partial charge in [0, 0.05) is 17.3 Å². The SMILES string of the molecule is CCCCCC(C)(Pc1c(C)cccc1CN(C)C)c1cc(C(C)(C)C)cc(C)c1O. The molecule has 2 aromatic carbocycles. The molecule has 0 saturated carbocycles. The number of benzene rings is 2.